The molecule has 1 N–H and O–H groups in total. The summed E-state index contributed by atoms with van der Waals surface area (Å²) in [6.45, 7) is 10.9. The summed E-state index contributed by atoms with van der Waals surface area (Å²) in [6.07, 6.45) is 0. The first-order valence-corrected chi connectivity index (χ1v) is 6.53. The molecule has 17 heavy (non-hydrogen) atoms. The van der Waals surface area contributed by atoms with Crippen molar-refractivity contribution in [3.63, 3.8) is 0 Å². The summed E-state index contributed by atoms with van der Waals surface area (Å²) >= 11 is 0. The molecule has 1 saturated heterocycles. The summed E-state index contributed by atoms with van der Waals surface area (Å²) in [5, 5.41) is 3.58. The number of aryl methyl sites for hydroxylation is 1. The molecule has 1 aliphatic heterocycles. The summed E-state index contributed by atoms with van der Waals surface area (Å²) < 4.78 is 0. The summed E-state index contributed by atoms with van der Waals surface area (Å²) in [5.41, 5.74) is 2.30. The van der Waals surface area contributed by atoms with Crippen LogP contribution in [-0.4, -0.2) is 35.6 Å². The zero-order valence-electron chi connectivity index (χ0n) is 11.1. The molecule has 1 aliphatic rings. The summed E-state index contributed by atoms with van der Waals surface area (Å²) in [6, 6.07) is 6.89. The largest absolute Gasteiger partial charge is 0.311 e. The minimum absolute atomic E-state index is 0.619. The second-order valence-electron chi connectivity index (χ2n) is 5.31. The minimum atomic E-state index is 0.619. The molecule has 0 aromatic carbocycles. The van der Waals surface area contributed by atoms with Gasteiger partial charge in [0.2, 0.25) is 0 Å². The Morgan fingerprint density at radius 3 is 3.00 bits per heavy atom. The van der Waals surface area contributed by atoms with Gasteiger partial charge >= 0.3 is 0 Å². The summed E-state index contributed by atoms with van der Waals surface area (Å²) in [5.74, 6) is 0.697. The molecule has 94 valence electrons. The standard InChI is InChI=1S/C14H23N3/c1-11(2)14-10-17(8-7-15-14)9-13-6-4-5-12(3)16-13/h4-6,11,14-15H,7-10H2,1-3H3. The van der Waals surface area contributed by atoms with Gasteiger partial charge in [-0.05, 0) is 25.0 Å². The third-order valence-corrected chi connectivity index (χ3v) is 3.43. The van der Waals surface area contributed by atoms with Gasteiger partial charge in [-0.1, -0.05) is 19.9 Å². The number of hydrogen-bond acceptors (Lipinski definition) is 3. The topological polar surface area (TPSA) is 28.2 Å². The molecule has 3 heteroatoms. The second kappa shape index (κ2) is 5.61. The average Bonchev–Trinajstić information content (AvgIpc) is 2.29. The molecule has 0 saturated carbocycles. The number of pyridine rings is 1. The normalized spacial score (nSPS) is 22.0. The fraction of sp³-hybridized carbons (Fsp3) is 0.643. The Balaban J connectivity index is 1.94. The Labute approximate surface area is 104 Å². The van der Waals surface area contributed by atoms with Gasteiger partial charge in [-0.2, -0.15) is 0 Å². The Hall–Kier alpha value is -0.930. The Kier molecular flexibility index (Phi) is 4.13. The van der Waals surface area contributed by atoms with Gasteiger partial charge in [0.05, 0.1) is 5.69 Å². The number of rotatable bonds is 3. The predicted molar refractivity (Wildman–Crippen MR) is 70.9 cm³/mol. The number of hydrogen-bond donors (Lipinski definition) is 1. The van der Waals surface area contributed by atoms with Crippen molar-refractivity contribution in [2.75, 3.05) is 19.6 Å². The molecule has 3 nitrogen and oxygen atoms in total. The van der Waals surface area contributed by atoms with Gasteiger partial charge in [-0.3, -0.25) is 9.88 Å². The van der Waals surface area contributed by atoms with E-state index < -0.39 is 0 Å². The summed E-state index contributed by atoms with van der Waals surface area (Å²) in [7, 11) is 0. The van der Waals surface area contributed by atoms with Gasteiger partial charge in [0.15, 0.2) is 0 Å². The van der Waals surface area contributed by atoms with Crippen LogP contribution in [0, 0.1) is 12.8 Å². The van der Waals surface area contributed by atoms with Gasteiger partial charge in [0.1, 0.15) is 0 Å². The third kappa shape index (κ3) is 3.51. The van der Waals surface area contributed by atoms with Crippen molar-refractivity contribution in [3.05, 3.63) is 29.6 Å². The number of nitrogens with zero attached hydrogens (tertiary/aromatic N) is 2. The molecule has 1 fully saturated rings. The van der Waals surface area contributed by atoms with E-state index in [1.807, 2.05) is 0 Å². The van der Waals surface area contributed by atoms with E-state index in [-0.39, 0.29) is 0 Å². The second-order valence-corrected chi connectivity index (χ2v) is 5.31. The van der Waals surface area contributed by atoms with Crippen LogP contribution in [0.15, 0.2) is 18.2 Å². The van der Waals surface area contributed by atoms with Gasteiger partial charge in [0.25, 0.3) is 0 Å². The highest BCUT2D eigenvalue weighted by atomic mass is 15.2. The molecule has 0 amide bonds. The van der Waals surface area contributed by atoms with Crippen LogP contribution in [0.3, 0.4) is 0 Å². The highest BCUT2D eigenvalue weighted by Crippen LogP contribution is 2.11. The first kappa shape index (κ1) is 12.5. The van der Waals surface area contributed by atoms with Crippen LogP contribution in [0.4, 0.5) is 0 Å². The average molecular weight is 233 g/mol. The maximum Gasteiger partial charge on any atom is 0.0547 e. The number of aromatic nitrogens is 1. The van der Waals surface area contributed by atoms with E-state index in [0.29, 0.717) is 12.0 Å². The first-order chi connectivity index (χ1) is 8.15. The van der Waals surface area contributed by atoms with Crippen LogP contribution in [-0.2, 0) is 6.54 Å². The predicted octanol–water partition coefficient (Wildman–Crippen LogP) is 1.82. The lowest BCUT2D eigenvalue weighted by molar-refractivity contribution is 0.167. The lowest BCUT2D eigenvalue weighted by atomic mass is 10.0. The minimum Gasteiger partial charge on any atom is -0.311 e. The van der Waals surface area contributed by atoms with Gasteiger partial charge in [0, 0.05) is 37.9 Å². The molecular weight excluding hydrogens is 210 g/mol. The van der Waals surface area contributed by atoms with E-state index in [1.165, 1.54) is 5.69 Å². The van der Waals surface area contributed by atoms with Crippen LogP contribution < -0.4 is 5.32 Å². The quantitative estimate of drug-likeness (QED) is 0.863. The third-order valence-electron chi connectivity index (χ3n) is 3.43. The maximum atomic E-state index is 4.58. The lowest BCUT2D eigenvalue weighted by Gasteiger charge is -2.35. The number of piperazine rings is 1. The highest BCUT2D eigenvalue weighted by molar-refractivity contribution is 5.10. The summed E-state index contributed by atoms with van der Waals surface area (Å²) in [4.78, 5) is 7.08. The molecular formula is C14H23N3. The van der Waals surface area contributed by atoms with Gasteiger partial charge in [-0.15, -0.1) is 0 Å². The monoisotopic (exact) mass is 233 g/mol. The van der Waals surface area contributed by atoms with Crippen LogP contribution >= 0.6 is 0 Å². The fourth-order valence-electron chi connectivity index (χ4n) is 2.35. The first-order valence-electron chi connectivity index (χ1n) is 6.53. The SMILES string of the molecule is Cc1cccc(CN2CCNC(C(C)C)C2)n1. The Morgan fingerprint density at radius 2 is 2.29 bits per heavy atom. The highest BCUT2D eigenvalue weighted by Gasteiger charge is 2.21. The van der Waals surface area contributed by atoms with Crippen LogP contribution in [0.2, 0.25) is 0 Å². The number of nitrogens with one attached hydrogen (secondary N) is 1. The zero-order chi connectivity index (χ0) is 12.3. The van der Waals surface area contributed by atoms with Crippen molar-refractivity contribution < 1.29 is 0 Å². The van der Waals surface area contributed by atoms with E-state index in [0.717, 1.165) is 31.9 Å². The fourth-order valence-corrected chi connectivity index (χ4v) is 2.35. The molecule has 2 rings (SSSR count). The van der Waals surface area contributed by atoms with E-state index in [2.05, 4.69) is 54.2 Å². The van der Waals surface area contributed by atoms with Crippen LogP contribution in [0.1, 0.15) is 25.2 Å². The van der Waals surface area contributed by atoms with Crippen molar-refractivity contribution >= 4 is 0 Å². The van der Waals surface area contributed by atoms with E-state index in [9.17, 15) is 0 Å². The molecule has 0 bridgehead atoms. The lowest BCUT2D eigenvalue weighted by Crippen LogP contribution is -2.52. The van der Waals surface area contributed by atoms with Crippen molar-refractivity contribution in [3.8, 4) is 0 Å². The molecule has 0 spiro atoms. The molecule has 0 aliphatic carbocycles. The Morgan fingerprint density at radius 1 is 1.47 bits per heavy atom. The molecule has 0 radical (unpaired) electrons. The van der Waals surface area contributed by atoms with Crippen molar-refractivity contribution in [2.24, 2.45) is 5.92 Å². The van der Waals surface area contributed by atoms with Crippen molar-refractivity contribution in [1.29, 1.82) is 0 Å². The van der Waals surface area contributed by atoms with Crippen LogP contribution in [0.25, 0.3) is 0 Å². The molecule has 2 heterocycles. The molecule has 1 unspecified atom stereocenters. The molecule has 1 atom stereocenters. The van der Waals surface area contributed by atoms with E-state index in [1.54, 1.807) is 0 Å². The molecule has 1 aromatic heterocycles. The smallest absolute Gasteiger partial charge is 0.0547 e. The maximum absolute atomic E-state index is 4.58. The van der Waals surface area contributed by atoms with E-state index in [4.69, 9.17) is 0 Å². The van der Waals surface area contributed by atoms with Gasteiger partial charge in [-0.25, -0.2) is 0 Å². The van der Waals surface area contributed by atoms with E-state index >= 15 is 0 Å². The van der Waals surface area contributed by atoms with Crippen molar-refractivity contribution in [2.45, 2.75) is 33.4 Å². The Bertz CT molecular complexity index is 362. The molecule has 1 aromatic rings. The zero-order valence-corrected chi connectivity index (χ0v) is 11.1. The van der Waals surface area contributed by atoms with Gasteiger partial charge < -0.3 is 5.32 Å². The van der Waals surface area contributed by atoms with Crippen molar-refractivity contribution in [1.82, 2.24) is 15.2 Å². The van der Waals surface area contributed by atoms with Crippen LogP contribution in [0.5, 0.6) is 0 Å².